The van der Waals surface area contributed by atoms with E-state index < -0.39 is 16.1 Å². The minimum atomic E-state index is -3.58. The molecule has 1 N–H and O–H groups in total. The average molecular weight is 683 g/mol. The first-order valence-electron chi connectivity index (χ1n) is 15.4. The molecule has 2 amide bonds. The van der Waals surface area contributed by atoms with Gasteiger partial charge in [0, 0.05) is 36.4 Å². The molecule has 1 aliphatic rings. The maximum atomic E-state index is 14.1. The van der Waals surface area contributed by atoms with Crippen LogP contribution in [-0.2, 0) is 32.6 Å². The van der Waals surface area contributed by atoms with Gasteiger partial charge in [0.25, 0.3) is 0 Å². The van der Waals surface area contributed by atoms with E-state index in [1.165, 1.54) is 17.0 Å². The molecule has 3 aromatic carbocycles. The highest BCUT2D eigenvalue weighted by Crippen LogP contribution is 2.26. The van der Waals surface area contributed by atoms with Gasteiger partial charge in [-0.1, -0.05) is 89.8 Å². The van der Waals surface area contributed by atoms with E-state index in [9.17, 15) is 18.0 Å². The zero-order chi connectivity index (χ0) is 31.7. The number of sulfonamides is 1. The number of carbonyl (C=O) groups excluding carboxylic acids is 2. The standard InChI is InChI=1S/C35H44BrN3O4S/c1-26-13-10-20-32(27(26)2)39(44(3,42)43)22-12-21-34(40)38(25-29-16-11-17-30(36)23-29)33(24-28-14-6-4-7-15-28)35(41)37-31-18-8-5-9-19-31/h4,6-7,10-11,13-17,20,23,31,33H,5,8-9,12,18-19,21-22,24-25H2,1-3H3,(H,37,41)/t33-/m1/s1. The molecule has 0 spiro atoms. The molecule has 1 fully saturated rings. The maximum Gasteiger partial charge on any atom is 0.243 e. The monoisotopic (exact) mass is 681 g/mol. The van der Waals surface area contributed by atoms with Crippen molar-refractivity contribution in [1.82, 2.24) is 10.2 Å². The average Bonchev–Trinajstić information content (AvgIpc) is 2.99. The number of amides is 2. The van der Waals surface area contributed by atoms with Crippen LogP contribution in [0, 0.1) is 13.8 Å². The lowest BCUT2D eigenvalue weighted by molar-refractivity contribution is -0.141. The molecule has 4 rings (SSSR count). The molecule has 9 heteroatoms. The van der Waals surface area contributed by atoms with E-state index >= 15 is 0 Å². The van der Waals surface area contributed by atoms with Crippen LogP contribution in [0.15, 0.2) is 77.3 Å². The maximum absolute atomic E-state index is 14.1. The molecule has 0 radical (unpaired) electrons. The second kappa shape index (κ2) is 15.7. The minimum absolute atomic E-state index is 0.104. The van der Waals surface area contributed by atoms with Gasteiger partial charge in [-0.3, -0.25) is 13.9 Å². The summed E-state index contributed by atoms with van der Waals surface area (Å²) in [6.45, 7) is 4.29. The van der Waals surface area contributed by atoms with Crippen molar-refractivity contribution >= 4 is 43.5 Å². The summed E-state index contributed by atoms with van der Waals surface area (Å²) in [4.78, 5) is 29.8. The third kappa shape index (κ3) is 9.41. The first kappa shape index (κ1) is 33.7. The molecule has 0 aliphatic heterocycles. The minimum Gasteiger partial charge on any atom is -0.352 e. The summed E-state index contributed by atoms with van der Waals surface area (Å²) in [6.07, 6.45) is 7.26. The number of hydrogen-bond donors (Lipinski definition) is 1. The smallest absolute Gasteiger partial charge is 0.243 e. The van der Waals surface area contributed by atoms with Crippen LogP contribution >= 0.6 is 15.9 Å². The molecule has 3 aromatic rings. The molecule has 1 aliphatic carbocycles. The van der Waals surface area contributed by atoms with Gasteiger partial charge < -0.3 is 10.2 Å². The molecule has 1 saturated carbocycles. The second-order valence-corrected chi connectivity index (χ2v) is 14.7. The van der Waals surface area contributed by atoms with Gasteiger partial charge in [-0.25, -0.2) is 8.42 Å². The fraction of sp³-hybridized carbons (Fsp3) is 0.429. The van der Waals surface area contributed by atoms with Gasteiger partial charge in [0.2, 0.25) is 21.8 Å². The largest absolute Gasteiger partial charge is 0.352 e. The Bertz CT molecular complexity index is 1520. The van der Waals surface area contributed by atoms with Crippen molar-refractivity contribution in [2.75, 3.05) is 17.1 Å². The molecule has 0 bridgehead atoms. The summed E-state index contributed by atoms with van der Waals surface area (Å²) in [6, 6.07) is 22.6. The highest BCUT2D eigenvalue weighted by atomic mass is 79.9. The Kier molecular flexibility index (Phi) is 12.0. The van der Waals surface area contributed by atoms with Crippen LogP contribution in [0.1, 0.15) is 67.2 Å². The van der Waals surface area contributed by atoms with Gasteiger partial charge in [-0.15, -0.1) is 0 Å². The fourth-order valence-electron chi connectivity index (χ4n) is 5.92. The quantitative estimate of drug-likeness (QED) is 0.218. The lowest BCUT2D eigenvalue weighted by atomic mass is 9.94. The normalized spacial score (nSPS) is 14.5. The van der Waals surface area contributed by atoms with Gasteiger partial charge in [-0.2, -0.15) is 0 Å². The third-order valence-corrected chi connectivity index (χ3v) is 10.1. The number of anilines is 1. The van der Waals surface area contributed by atoms with Crippen LogP contribution in [0.4, 0.5) is 5.69 Å². The topological polar surface area (TPSA) is 86.8 Å². The first-order chi connectivity index (χ1) is 21.0. The number of hydrogen-bond acceptors (Lipinski definition) is 4. The summed E-state index contributed by atoms with van der Waals surface area (Å²) in [5.74, 6) is -0.323. The van der Waals surface area contributed by atoms with Crippen LogP contribution in [-0.4, -0.2) is 50.0 Å². The number of benzene rings is 3. The Morgan fingerprint density at radius 1 is 0.932 bits per heavy atom. The summed E-state index contributed by atoms with van der Waals surface area (Å²) in [5, 5.41) is 3.27. The molecule has 0 unspecified atom stereocenters. The molecule has 236 valence electrons. The van der Waals surface area contributed by atoms with Gasteiger partial charge in [0.1, 0.15) is 6.04 Å². The molecule has 0 saturated heterocycles. The Hall–Kier alpha value is -3.17. The third-order valence-electron chi connectivity index (χ3n) is 8.46. The van der Waals surface area contributed by atoms with Crippen LogP contribution in [0.3, 0.4) is 0 Å². The molecular weight excluding hydrogens is 638 g/mol. The van der Waals surface area contributed by atoms with Crippen molar-refractivity contribution in [1.29, 1.82) is 0 Å². The Morgan fingerprint density at radius 3 is 2.30 bits per heavy atom. The number of rotatable bonds is 13. The molecule has 44 heavy (non-hydrogen) atoms. The molecule has 0 heterocycles. The van der Waals surface area contributed by atoms with E-state index in [0.29, 0.717) is 18.5 Å². The summed E-state index contributed by atoms with van der Waals surface area (Å²) in [7, 11) is -3.58. The van der Waals surface area contributed by atoms with Gasteiger partial charge in [0.15, 0.2) is 0 Å². The second-order valence-electron chi connectivity index (χ2n) is 11.9. The predicted molar refractivity (Wildman–Crippen MR) is 181 cm³/mol. The van der Waals surface area contributed by atoms with Crippen molar-refractivity contribution < 1.29 is 18.0 Å². The Morgan fingerprint density at radius 2 is 1.61 bits per heavy atom. The van der Waals surface area contributed by atoms with Crippen molar-refractivity contribution in [3.05, 3.63) is 99.5 Å². The predicted octanol–water partition coefficient (Wildman–Crippen LogP) is 6.70. The van der Waals surface area contributed by atoms with E-state index in [1.807, 2.05) is 80.6 Å². The number of carbonyl (C=O) groups is 2. The summed E-state index contributed by atoms with van der Waals surface area (Å²) >= 11 is 3.54. The van der Waals surface area contributed by atoms with Crippen molar-refractivity contribution in [2.24, 2.45) is 0 Å². The Balaban J connectivity index is 1.60. The first-order valence-corrected chi connectivity index (χ1v) is 18.1. The van der Waals surface area contributed by atoms with Gasteiger partial charge >= 0.3 is 0 Å². The van der Waals surface area contributed by atoms with Crippen molar-refractivity contribution in [3.63, 3.8) is 0 Å². The fourth-order valence-corrected chi connectivity index (χ4v) is 7.38. The van der Waals surface area contributed by atoms with Crippen LogP contribution < -0.4 is 9.62 Å². The molecular formula is C35H44BrN3O4S. The van der Waals surface area contributed by atoms with Crippen molar-refractivity contribution in [2.45, 2.75) is 83.8 Å². The van der Waals surface area contributed by atoms with Crippen LogP contribution in [0.5, 0.6) is 0 Å². The molecule has 1 atom stereocenters. The highest BCUT2D eigenvalue weighted by Gasteiger charge is 2.32. The van der Waals surface area contributed by atoms with Gasteiger partial charge in [-0.05, 0) is 73.6 Å². The lowest BCUT2D eigenvalue weighted by Gasteiger charge is -2.34. The summed E-state index contributed by atoms with van der Waals surface area (Å²) < 4.78 is 28.0. The lowest BCUT2D eigenvalue weighted by Crippen LogP contribution is -2.53. The number of nitrogens with one attached hydrogen (secondary N) is 1. The zero-order valence-corrected chi connectivity index (χ0v) is 28.4. The number of nitrogens with zero attached hydrogens (tertiary/aromatic N) is 2. The van der Waals surface area contributed by atoms with E-state index in [4.69, 9.17) is 0 Å². The van der Waals surface area contributed by atoms with E-state index in [1.54, 1.807) is 11.0 Å². The van der Waals surface area contributed by atoms with E-state index in [2.05, 4.69) is 21.2 Å². The van der Waals surface area contributed by atoms with E-state index in [0.717, 1.165) is 52.4 Å². The molecule has 0 aromatic heterocycles. The number of aryl methyl sites for hydroxylation is 1. The highest BCUT2D eigenvalue weighted by molar-refractivity contribution is 9.10. The zero-order valence-electron chi connectivity index (χ0n) is 26.0. The molecule has 7 nitrogen and oxygen atoms in total. The van der Waals surface area contributed by atoms with Crippen LogP contribution in [0.25, 0.3) is 0 Å². The van der Waals surface area contributed by atoms with Crippen LogP contribution in [0.2, 0.25) is 0 Å². The number of halogens is 1. The van der Waals surface area contributed by atoms with Crippen molar-refractivity contribution in [3.8, 4) is 0 Å². The van der Waals surface area contributed by atoms with Gasteiger partial charge in [0.05, 0.1) is 11.9 Å². The Labute approximate surface area is 271 Å². The SMILES string of the molecule is Cc1cccc(N(CCCC(=O)N(Cc2cccc(Br)c2)[C@H](Cc2ccccc2)C(=O)NC2CCCCC2)S(C)(=O)=O)c1C. The summed E-state index contributed by atoms with van der Waals surface area (Å²) in [5.41, 5.74) is 4.40. The van der Waals surface area contributed by atoms with E-state index in [-0.39, 0.29) is 37.4 Å².